The average molecular weight is 365 g/mol. The molecular weight excluding hydrogens is 338 g/mol. The number of carbonyl (C=O) groups excluding carboxylic acids is 1. The number of carbonyl (C=O) groups is 1. The Morgan fingerprint density at radius 2 is 1.70 bits per heavy atom. The van der Waals surface area contributed by atoms with Gasteiger partial charge in [-0.3, -0.25) is 9.59 Å². The summed E-state index contributed by atoms with van der Waals surface area (Å²) in [5.74, 6) is 0.848. The predicted octanol–water partition coefficient (Wildman–Crippen LogP) is 3.37. The summed E-state index contributed by atoms with van der Waals surface area (Å²) in [6.07, 6.45) is 3.27. The van der Waals surface area contributed by atoms with Crippen molar-refractivity contribution in [2.75, 3.05) is 13.1 Å². The summed E-state index contributed by atoms with van der Waals surface area (Å²) in [7, 11) is 0. The number of nitrogens with zero attached hydrogens (tertiary/aromatic N) is 3. The topological polar surface area (TPSA) is 55.2 Å². The van der Waals surface area contributed by atoms with E-state index in [0.29, 0.717) is 11.8 Å². The van der Waals surface area contributed by atoms with Crippen LogP contribution in [0.3, 0.4) is 0 Å². The number of fused-ring (bicyclic) bond motifs is 2. The van der Waals surface area contributed by atoms with Crippen molar-refractivity contribution in [3.05, 3.63) is 52.8 Å². The summed E-state index contributed by atoms with van der Waals surface area (Å²) in [6.45, 7) is 5.39. The molecule has 1 aromatic heterocycles. The van der Waals surface area contributed by atoms with E-state index in [-0.39, 0.29) is 23.4 Å². The molecule has 1 aliphatic heterocycles. The maximum absolute atomic E-state index is 12.7. The van der Waals surface area contributed by atoms with Crippen LogP contribution in [0.1, 0.15) is 39.2 Å². The van der Waals surface area contributed by atoms with Crippen molar-refractivity contribution in [1.29, 1.82) is 0 Å². The quantitative estimate of drug-likeness (QED) is 0.838. The summed E-state index contributed by atoms with van der Waals surface area (Å²) in [6, 6.07) is 13.5. The number of amides is 1. The van der Waals surface area contributed by atoms with Crippen LogP contribution in [0.15, 0.2) is 47.3 Å². The molecule has 142 valence electrons. The molecule has 1 amide bonds. The van der Waals surface area contributed by atoms with E-state index in [4.69, 9.17) is 5.10 Å². The van der Waals surface area contributed by atoms with Crippen molar-refractivity contribution < 1.29 is 4.79 Å². The van der Waals surface area contributed by atoms with Gasteiger partial charge >= 0.3 is 0 Å². The van der Waals surface area contributed by atoms with Gasteiger partial charge in [0.15, 0.2) is 0 Å². The molecule has 5 heteroatoms. The Morgan fingerprint density at radius 1 is 1.04 bits per heavy atom. The maximum atomic E-state index is 12.7. The summed E-state index contributed by atoms with van der Waals surface area (Å²) in [5, 5.41) is 4.75. The van der Waals surface area contributed by atoms with E-state index in [1.165, 1.54) is 6.42 Å². The van der Waals surface area contributed by atoms with Crippen molar-refractivity contribution in [2.45, 2.75) is 39.2 Å². The second-order valence-corrected chi connectivity index (χ2v) is 8.21. The fourth-order valence-corrected chi connectivity index (χ4v) is 4.75. The third-order valence-electron chi connectivity index (χ3n) is 6.01. The maximum Gasteiger partial charge on any atom is 0.267 e. The van der Waals surface area contributed by atoms with Crippen LogP contribution in [0, 0.1) is 17.8 Å². The van der Waals surface area contributed by atoms with Gasteiger partial charge < -0.3 is 4.90 Å². The van der Waals surface area contributed by atoms with E-state index in [0.717, 1.165) is 37.2 Å². The molecule has 27 heavy (non-hydrogen) atoms. The SMILES string of the molecule is CC(C)C(=O)N1C[C@H]2CCC[C@@H](C1)C2n1nc(-c2ccccc2)ccc1=O. The van der Waals surface area contributed by atoms with Gasteiger partial charge in [-0.25, -0.2) is 4.68 Å². The molecule has 4 rings (SSSR count). The van der Waals surface area contributed by atoms with E-state index in [1.807, 2.05) is 49.1 Å². The predicted molar refractivity (Wildman–Crippen MR) is 105 cm³/mol. The first-order valence-corrected chi connectivity index (χ1v) is 9.98. The van der Waals surface area contributed by atoms with Gasteiger partial charge in [0.05, 0.1) is 11.7 Å². The van der Waals surface area contributed by atoms with Gasteiger partial charge in [0, 0.05) is 30.6 Å². The molecule has 1 saturated heterocycles. The molecular formula is C22H27N3O2. The van der Waals surface area contributed by atoms with E-state index in [2.05, 4.69) is 0 Å². The molecule has 2 aliphatic rings. The van der Waals surface area contributed by atoms with Gasteiger partial charge in [-0.05, 0) is 30.7 Å². The minimum Gasteiger partial charge on any atom is -0.342 e. The zero-order valence-electron chi connectivity index (χ0n) is 16.0. The largest absolute Gasteiger partial charge is 0.342 e. The Bertz CT molecular complexity index is 861. The number of piperidine rings is 1. The van der Waals surface area contributed by atoms with Crippen LogP contribution in [0.25, 0.3) is 11.3 Å². The first kappa shape index (κ1) is 18.0. The number of rotatable bonds is 3. The number of hydrogen-bond acceptors (Lipinski definition) is 3. The van der Waals surface area contributed by atoms with Gasteiger partial charge in [0.1, 0.15) is 0 Å². The van der Waals surface area contributed by atoms with Crippen molar-refractivity contribution in [3.8, 4) is 11.3 Å². The molecule has 2 heterocycles. The highest BCUT2D eigenvalue weighted by Gasteiger charge is 2.43. The molecule has 0 spiro atoms. The van der Waals surface area contributed by atoms with Crippen LogP contribution in [-0.4, -0.2) is 33.7 Å². The first-order valence-electron chi connectivity index (χ1n) is 9.98. The molecule has 2 aromatic rings. The third kappa shape index (κ3) is 3.43. The third-order valence-corrected chi connectivity index (χ3v) is 6.01. The molecule has 1 aliphatic carbocycles. The monoisotopic (exact) mass is 365 g/mol. The number of likely N-dealkylation sites (tertiary alicyclic amines) is 1. The Labute approximate surface area is 160 Å². The number of benzene rings is 1. The highest BCUT2D eigenvalue weighted by molar-refractivity contribution is 5.78. The van der Waals surface area contributed by atoms with Gasteiger partial charge in [-0.15, -0.1) is 0 Å². The highest BCUT2D eigenvalue weighted by Crippen LogP contribution is 2.42. The molecule has 2 bridgehead atoms. The van der Waals surface area contributed by atoms with Crippen LogP contribution >= 0.6 is 0 Å². The van der Waals surface area contributed by atoms with Crippen LogP contribution in [0.4, 0.5) is 0 Å². The zero-order valence-corrected chi connectivity index (χ0v) is 16.0. The summed E-state index contributed by atoms with van der Waals surface area (Å²) >= 11 is 0. The minimum atomic E-state index is -0.0415. The van der Waals surface area contributed by atoms with Crippen molar-refractivity contribution in [3.63, 3.8) is 0 Å². The lowest BCUT2D eigenvalue weighted by atomic mass is 9.73. The van der Waals surface area contributed by atoms with Crippen molar-refractivity contribution in [2.24, 2.45) is 17.8 Å². The summed E-state index contributed by atoms with van der Waals surface area (Å²) in [5.41, 5.74) is 1.80. The standard InChI is InChI=1S/C22H27N3O2/c1-15(2)22(27)24-13-17-9-6-10-18(14-24)21(17)25-20(26)12-11-19(23-25)16-7-4-3-5-8-16/h3-5,7-8,11-12,15,17-18,21H,6,9-10,13-14H2,1-2H3/t17-,18+,21?. The summed E-state index contributed by atoms with van der Waals surface area (Å²) < 4.78 is 1.72. The van der Waals surface area contributed by atoms with E-state index >= 15 is 0 Å². The van der Waals surface area contributed by atoms with Gasteiger partial charge in [-0.2, -0.15) is 5.10 Å². The first-order chi connectivity index (χ1) is 13.0. The minimum absolute atomic E-state index is 0.0181. The van der Waals surface area contributed by atoms with Crippen molar-refractivity contribution >= 4 is 5.91 Å². The molecule has 1 saturated carbocycles. The van der Waals surface area contributed by atoms with Crippen LogP contribution in [0.5, 0.6) is 0 Å². The Hall–Kier alpha value is -2.43. The Balaban J connectivity index is 1.67. The number of hydrogen-bond donors (Lipinski definition) is 0. The Kier molecular flexibility index (Phi) is 4.85. The second-order valence-electron chi connectivity index (χ2n) is 8.21. The summed E-state index contributed by atoms with van der Waals surface area (Å²) in [4.78, 5) is 27.2. The molecule has 0 N–H and O–H groups in total. The lowest BCUT2D eigenvalue weighted by Gasteiger charge is -2.47. The smallest absolute Gasteiger partial charge is 0.267 e. The zero-order chi connectivity index (χ0) is 19.0. The highest BCUT2D eigenvalue weighted by atomic mass is 16.2. The normalized spacial score (nSPS) is 24.9. The van der Waals surface area contributed by atoms with Gasteiger partial charge in [-0.1, -0.05) is 50.6 Å². The number of aromatic nitrogens is 2. The van der Waals surface area contributed by atoms with Crippen LogP contribution in [0.2, 0.25) is 0 Å². The van der Waals surface area contributed by atoms with E-state index < -0.39 is 0 Å². The molecule has 1 aromatic carbocycles. The van der Waals surface area contributed by atoms with Gasteiger partial charge in [0.25, 0.3) is 5.56 Å². The molecule has 1 unspecified atom stereocenters. The molecule has 3 atom stereocenters. The fraction of sp³-hybridized carbons (Fsp3) is 0.500. The Morgan fingerprint density at radius 3 is 2.33 bits per heavy atom. The van der Waals surface area contributed by atoms with E-state index in [9.17, 15) is 9.59 Å². The fourth-order valence-electron chi connectivity index (χ4n) is 4.75. The molecule has 5 nitrogen and oxygen atoms in total. The average Bonchev–Trinajstić information content (AvgIpc) is 2.67. The molecule has 0 radical (unpaired) electrons. The molecule has 2 fully saturated rings. The van der Waals surface area contributed by atoms with Crippen LogP contribution in [-0.2, 0) is 4.79 Å². The van der Waals surface area contributed by atoms with Crippen molar-refractivity contribution in [1.82, 2.24) is 14.7 Å². The lowest BCUT2D eigenvalue weighted by Crippen LogP contribution is -2.53. The second kappa shape index (κ2) is 7.29. The van der Waals surface area contributed by atoms with E-state index in [1.54, 1.807) is 16.8 Å². The lowest BCUT2D eigenvalue weighted by molar-refractivity contribution is -0.140. The van der Waals surface area contributed by atoms with Gasteiger partial charge in [0.2, 0.25) is 5.91 Å². The van der Waals surface area contributed by atoms with Crippen LogP contribution < -0.4 is 5.56 Å².